The smallest absolute Gasteiger partial charge is 0.159 e. The number of nitrogens with zero attached hydrogens (tertiary/aromatic N) is 2. The highest BCUT2D eigenvalue weighted by Crippen LogP contribution is 2.60. The second-order valence-electron chi connectivity index (χ2n) is 16.6. The van der Waals surface area contributed by atoms with Crippen molar-refractivity contribution >= 4 is 87.5 Å². The van der Waals surface area contributed by atoms with Crippen LogP contribution in [0.25, 0.3) is 98.9 Å². The van der Waals surface area contributed by atoms with E-state index in [1.807, 2.05) is 0 Å². The van der Waals surface area contributed by atoms with E-state index in [-0.39, 0.29) is 11.8 Å². The lowest BCUT2D eigenvalue weighted by atomic mass is 9.59. The highest BCUT2D eigenvalue weighted by Gasteiger charge is 2.44. The molecule has 2 bridgehead atoms. The summed E-state index contributed by atoms with van der Waals surface area (Å²) in [4.78, 5) is 0. The largest absolute Gasteiger partial charge is 0.454 e. The van der Waals surface area contributed by atoms with Gasteiger partial charge < -0.3 is 18.0 Å². The number of rotatable bonds is 2. The van der Waals surface area contributed by atoms with Crippen LogP contribution in [-0.2, 0) is 0 Å². The Balaban J connectivity index is 1.06. The van der Waals surface area contributed by atoms with Crippen molar-refractivity contribution in [3.63, 3.8) is 0 Å². The summed E-state index contributed by atoms with van der Waals surface area (Å²) in [6.45, 7) is 0. The van der Waals surface area contributed by atoms with E-state index in [1.165, 1.54) is 77.0 Å². The van der Waals surface area contributed by atoms with Gasteiger partial charge in [0.2, 0.25) is 0 Å². The monoisotopic (exact) mass is 764 g/mol. The maximum atomic E-state index is 6.70. The van der Waals surface area contributed by atoms with E-state index in [4.69, 9.17) is 8.83 Å². The van der Waals surface area contributed by atoms with Crippen molar-refractivity contribution in [3.8, 4) is 11.4 Å². The Hall–Kier alpha value is -7.82. The highest BCUT2D eigenvalue weighted by molar-refractivity contribution is 6.18. The Morgan fingerprint density at radius 3 is 1.23 bits per heavy atom. The van der Waals surface area contributed by atoms with Crippen LogP contribution in [-0.4, -0.2) is 9.13 Å². The summed E-state index contributed by atoms with van der Waals surface area (Å²) in [6, 6.07) is 66.6. The topological polar surface area (TPSA) is 36.1 Å². The summed E-state index contributed by atoms with van der Waals surface area (Å²) in [6.07, 6.45) is 0. The van der Waals surface area contributed by atoms with Gasteiger partial charge in [0.15, 0.2) is 11.2 Å². The molecular weight excluding hydrogens is 733 g/mol. The van der Waals surface area contributed by atoms with Gasteiger partial charge in [0.1, 0.15) is 11.2 Å². The van der Waals surface area contributed by atoms with E-state index in [1.54, 1.807) is 0 Å². The predicted molar refractivity (Wildman–Crippen MR) is 244 cm³/mol. The minimum atomic E-state index is 0.0195. The van der Waals surface area contributed by atoms with Crippen LogP contribution in [0, 0.1) is 0 Å². The molecule has 16 rings (SSSR count). The molecule has 0 aliphatic heterocycles. The van der Waals surface area contributed by atoms with E-state index in [0.717, 1.165) is 55.3 Å². The van der Waals surface area contributed by atoms with Gasteiger partial charge in [0, 0.05) is 54.9 Å². The average molecular weight is 765 g/mol. The van der Waals surface area contributed by atoms with E-state index in [9.17, 15) is 0 Å². The van der Waals surface area contributed by atoms with Gasteiger partial charge in [-0.25, -0.2) is 0 Å². The third-order valence-electron chi connectivity index (χ3n) is 13.9. The molecule has 4 heteroatoms. The summed E-state index contributed by atoms with van der Waals surface area (Å²) in [7, 11) is 0. The third-order valence-corrected chi connectivity index (χ3v) is 13.9. The maximum Gasteiger partial charge on any atom is 0.159 e. The quantitative estimate of drug-likeness (QED) is 0.176. The van der Waals surface area contributed by atoms with Crippen LogP contribution >= 0.6 is 0 Å². The number of para-hydroxylation sites is 6. The highest BCUT2D eigenvalue weighted by atomic mass is 16.3. The van der Waals surface area contributed by atoms with Crippen molar-refractivity contribution in [1.82, 2.24) is 9.13 Å². The molecule has 60 heavy (non-hydrogen) atoms. The van der Waals surface area contributed by atoms with Crippen molar-refractivity contribution < 1.29 is 8.83 Å². The van der Waals surface area contributed by atoms with Crippen LogP contribution in [0.4, 0.5) is 0 Å². The minimum absolute atomic E-state index is 0.0195. The number of aromatic nitrogens is 2. The minimum Gasteiger partial charge on any atom is -0.454 e. The van der Waals surface area contributed by atoms with Crippen LogP contribution in [0.2, 0.25) is 0 Å². The van der Waals surface area contributed by atoms with E-state index in [0.29, 0.717) is 0 Å². The molecule has 4 heterocycles. The third kappa shape index (κ3) is 3.70. The molecule has 0 radical (unpaired) electrons. The average Bonchev–Trinajstić information content (AvgIpc) is 4.06. The number of hydrogen-bond acceptors (Lipinski definition) is 2. The van der Waals surface area contributed by atoms with Gasteiger partial charge in [-0.05, 0) is 81.9 Å². The van der Waals surface area contributed by atoms with Crippen molar-refractivity contribution in [1.29, 1.82) is 0 Å². The summed E-state index contributed by atoms with van der Waals surface area (Å²) >= 11 is 0. The van der Waals surface area contributed by atoms with Crippen LogP contribution in [0.3, 0.4) is 0 Å². The van der Waals surface area contributed by atoms with E-state index < -0.39 is 0 Å². The first-order chi connectivity index (χ1) is 29.8. The first-order valence-corrected chi connectivity index (χ1v) is 20.8. The molecular formula is C56H32N2O2. The zero-order valence-corrected chi connectivity index (χ0v) is 32.2. The molecule has 0 amide bonds. The first kappa shape index (κ1) is 31.2. The Morgan fingerprint density at radius 1 is 0.300 bits per heavy atom. The van der Waals surface area contributed by atoms with Crippen molar-refractivity contribution in [3.05, 3.63) is 215 Å². The summed E-state index contributed by atoms with van der Waals surface area (Å²) < 4.78 is 18.3. The van der Waals surface area contributed by atoms with Gasteiger partial charge >= 0.3 is 0 Å². The lowest BCUT2D eigenvalue weighted by Crippen LogP contribution is -2.28. The molecule has 0 atom stereocenters. The molecule has 0 unspecified atom stereocenters. The normalized spacial score (nSPS) is 15.7. The molecule has 0 spiro atoms. The molecule has 278 valence electrons. The number of furan rings is 2. The zero-order chi connectivity index (χ0) is 38.8. The van der Waals surface area contributed by atoms with Gasteiger partial charge in [0.25, 0.3) is 0 Å². The molecule has 0 saturated heterocycles. The van der Waals surface area contributed by atoms with Crippen molar-refractivity contribution in [2.24, 2.45) is 0 Å². The summed E-state index contributed by atoms with van der Waals surface area (Å²) in [5.41, 5.74) is 18.9. The Bertz CT molecular complexity index is 3800. The van der Waals surface area contributed by atoms with Crippen molar-refractivity contribution in [2.45, 2.75) is 11.8 Å². The Morgan fingerprint density at radius 2 is 0.717 bits per heavy atom. The van der Waals surface area contributed by atoms with Crippen LogP contribution in [0.15, 0.2) is 191 Å². The molecule has 4 aromatic heterocycles. The van der Waals surface area contributed by atoms with Crippen LogP contribution in [0.1, 0.15) is 45.2 Å². The summed E-state index contributed by atoms with van der Waals surface area (Å²) in [5, 5.41) is 9.69. The van der Waals surface area contributed by atoms with Crippen LogP contribution < -0.4 is 0 Å². The molecule has 4 nitrogen and oxygen atoms in total. The molecule has 9 aromatic carbocycles. The fourth-order valence-electron chi connectivity index (χ4n) is 11.7. The Labute approximate surface area is 342 Å². The molecule has 0 saturated carbocycles. The molecule has 0 N–H and O–H groups in total. The second-order valence-corrected chi connectivity index (χ2v) is 16.6. The van der Waals surface area contributed by atoms with Gasteiger partial charge in [-0.2, -0.15) is 0 Å². The van der Waals surface area contributed by atoms with Gasteiger partial charge in [0.05, 0.1) is 33.4 Å². The lowest BCUT2D eigenvalue weighted by Gasteiger charge is -2.43. The van der Waals surface area contributed by atoms with Gasteiger partial charge in [-0.15, -0.1) is 0 Å². The van der Waals surface area contributed by atoms with E-state index in [2.05, 4.69) is 191 Å². The molecule has 3 aliphatic rings. The fraction of sp³-hybridized carbons (Fsp3) is 0.0357. The lowest BCUT2D eigenvalue weighted by molar-refractivity contribution is 0.666. The number of fused-ring (bicyclic) bond motifs is 12. The molecule has 3 aliphatic carbocycles. The van der Waals surface area contributed by atoms with E-state index >= 15 is 0 Å². The maximum absolute atomic E-state index is 6.70. The molecule has 13 aromatic rings. The SMILES string of the molecule is c1ccc2c(c1)C1c3ccc4c(c3C2c2c1ccc1c2c2ccccc2n1-c1cccc2c1oc1ccccc12)c1ccccc1n4-c1cccc2c1oc1ccccc12. The second kappa shape index (κ2) is 11.0. The summed E-state index contributed by atoms with van der Waals surface area (Å²) in [5.74, 6) is 0.123. The van der Waals surface area contributed by atoms with Gasteiger partial charge in [-0.1, -0.05) is 133 Å². The van der Waals surface area contributed by atoms with Gasteiger partial charge in [-0.3, -0.25) is 0 Å². The predicted octanol–water partition coefficient (Wildman–Crippen LogP) is 14.7. The first-order valence-electron chi connectivity index (χ1n) is 20.8. The zero-order valence-electron chi connectivity index (χ0n) is 32.2. The Kier molecular flexibility index (Phi) is 5.73. The van der Waals surface area contributed by atoms with Crippen molar-refractivity contribution in [2.75, 3.05) is 0 Å². The number of benzene rings is 9. The number of hydrogen-bond donors (Lipinski definition) is 0. The standard InChI is InChI=1S/C56H32N2O2/c1-2-16-34-33(15-1)49-39-27-29-43-50(37-17-3-7-21-41(37)57(43)45-23-11-19-35-31-13-5-9-25-47(31)59-55(35)45)53(39)52(34)54-40(49)28-30-44-51(54)38-18-4-8-22-42(38)58(44)46-24-12-20-36-32-14-6-10-26-48(32)60-56(36)46/h1-30,49,52H. The fourth-order valence-corrected chi connectivity index (χ4v) is 11.7. The van der Waals surface area contributed by atoms with Crippen LogP contribution in [0.5, 0.6) is 0 Å². The molecule has 0 fully saturated rings.